The average Bonchev–Trinajstić information content (AvgIpc) is 2.68. The summed E-state index contributed by atoms with van der Waals surface area (Å²) in [4.78, 5) is 22.1. The Morgan fingerprint density at radius 2 is 1.83 bits per heavy atom. The summed E-state index contributed by atoms with van der Waals surface area (Å²) < 4.78 is 5.93. The van der Waals surface area contributed by atoms with Gasteiger partial charge in [0, 0.05) is 13.1 Å². The first kappa shape index (κ1) is 21.4. The van der Waals surface area contributed by atoms with E-state index < -0.39 is 5.97 Å². The minimum atomic E-state index is -0.893. The van der Waals surface area contributed by atoms with Crippen LogP contribution in [-0.2, 0) is 0 Å². The van der Waals surface area contributed by atoms with E-state index in [4.69, 9.17) is 16.3 Å². The molecular formula is C22H28ClN3O3. The van der Waals surface area contributed by atoms with Crippen LogP contribution in [0.25, 0.3) is 0 Å². The number of benzene rings is 1. The van der Waals surface area contributed by atoms with Crippen molar-refractivity contribution in [1.29, 1.82) is 0 Å². The highest BCUT2D eigenvalue weighted by Crippen LogP contribution is 2.29. The number of halogens is 1. The molecule has 1 aliphatic heterocycles. The zero-order valence-corrected chi connectivity index (χ0v) is 17.9. The molecule has 0 amide bonds. The molecule has 1 saturated heterocycles. The minimum Gasteiger partial charge on any atom is -0.494 e. The second-order valence-electron chi connectivity index (χ2n) is 7.88. The number of carboxylic acids is 1. The predicted octanol–water partition coefficient (Wildman–Crippen LogP) is 4.77. The Bertz CT molecular complexity index is 826. The van der Waals surface area contributed by atoms with Gasteiger partial charge in [0.05, 0.1) is 29.6 Å². The van der Waals surface area contributed by atoms with Crippen LogP contribution in [0, 0.1) is 25.7 Å². The number of carboxylic acid groups (broad SMARTS) is 1. The zero-order valence-electron chi connectivity index (χ0n) is 17.2. The van der Waals surface area contributed by atoms with Crippen LogP contribution >= 0.6 is 11.6 Å². The number of anilines is 1. The highest BCUT2D eigenvalue weighted by Gasteiger charge is 2.25. The molecule has 1 aliphatic rings. The fourth-order valence-corrected chi connectivity index (χ4v) is 4.18. The molecule has 1 atom stereocenters. The van der Waals surface area contributed by atoms with Crippen molar-refractivity contribution in [2.75, 3.05) is 24.6 Å². The lowest BCUT2D eigenvalue weighted by atomic mass is 9.84. The van der Waals surface area contributed by atoms with Crippen LogP contribution in [0.5, 0.6) is 5.75 Å². The summed E-state index contributed by atoms with van der Waals surface area (Å²) in [6.07, 6.45) is 6.48. The Kier molecular flexibility index (Phi) is 6.96. The first-order valence-electron chi connectivity index (χ1n) is 10.0. The van der Waals surface area contributed by atoms with E-state index in [2.05, 4.69) is 21.8 Å². The molecule has 1 aromatic carbocycles. The topological polar surface area (TPSA) is 75.5 Å². The quantitative estimate of drug-likeness (QED) is 0.699. The van der Waals surface area contributed by atoms with E-state index in [1.54, 1.807) is 12.4 Å². The molecule has 156 valence electrons. The van der Waals surface area contributed by atoms with Gasteiger partial charge in [0.2, 0.25) is 5.95 Å². The van der Waals surface area contributed by atoms with Crippen LogP contribution in [0.3, 0.4) is 0 Å². The SMILES string of the molecule is Cc1cc(OCC[C@@H](C)C2CCN(c3ncc(Cl)cn3)CC2)cc(C)c1C(=O)O. The molecule has 6 nitrogen and oxygen atoms in total. The number of ether oxygens (including phenoxy) is 1. The summed E-state index contributed by atoms with van der Waals surface area (Å²) in [6.45, 7) is 8.44. The minimum absolute atomic E-state index is 0.363. The lowest BCUT2D eigenvalue weighted by molar-refractivity contribution is 0.0695. The maximum Gasteiger partial charge on any atom is 0.336 e. The Balaban J connectivity index is 1.46. The molecule has 0 unspecified atom stereocenters. The standard InChI is InChI=1S/C22H28ClN3O3/c1-14(6-9-29-19-10-15(2)20(21(27)28)16(3)11-19)17-4-7-26(8-5-17)22-24-12-18(23)13-25-22/h10-14,17H,4-9H2,1-3H3,(H,27,28)/t14-/m1/s1. The van der Waals surface area contributed by atoms with Crippen molar-refractivity contribution in [1.82, 2.24) is 9.97 Å². The monoisotopic (exact) mass is 417 g/mol. The van der Waals surface area contributed by atoms with E-state index in [0.29, 0.717) is 29.0 Å². The number of nitrogens with zero attached hydrogens (tertiary/aromatic N) is 3. The van der Waals surface area contributed by atoms with Crippen LogP contribution in [0.1, 0.15) is 47.7 Å². The van der Waals surface area contributed by atoms with Crippen LogP contribution in [0.15, 0.2) is 24.5 Å². The van der Waals surface area contributed by atoms with Gasteiger partial charge in [-0.3, -0.25) is 0 Å². The first-order valence-corrected chi connectivity index (χ1v) is 10.4. The number of aryl methyl sites for hydroxylation is 2. The number of aromatic carboxylic acids is 1. The van der Waals surface area contributed by atoms with Gasteiger partial charge < -0.3 is 14.7 Å². The molecule has 0 spiro atoms. The smallest absolute Gasteiger partial charge is 0.336 e. The van der Waals surface area contributed by atoms with Crippen molar-refractivity contribution in [3.8, 4) is 5.75 Å². The van der Waals surface area contributed by atoms with Gasteiger partial charge in [0.1, 0.15) is 5.75 Å². The second-order valence-corrected chi connectivity index (χ2v) is 8.31. The van der Waals surface area contributed by atoms with Crippen molar-refractivity contribution in [2.24, 2.45) is 11.8 Å². The number of hydrogen-bond acceptors (Lipinski definition) is 5. The molecule has 0 saturated carbocycles. The van der Waals surface area contributed by atoms with E-state index in [1.807, 2.05) is 26.0 Å². The van der Waals surface area contributed by atoms with Crippen LogP contribution in [0.2, 0.25) is 5.02 Å². The molecule has 7 heteroatoms. The molecule has 1 aromatic heterocycles. The first-order chi connectivity index (χ1) is 13.8. The van der Waals surface area contributed by atoms with Crippen LogP contribution in [0.4, 0.5) is 5.95 Å². The lowest BCUT2D eigenvalue weighted by Crippen LogP contribution is -2.36. The number of aromatic nitrogens is 2. The van der Waals surface area contributed by atoms with Crippen molar-refractivity contribution < 1.29 is 14.6 Å². The van der Waals surface area contributed by atoms with Gasteiger partial charge in [-0.2, -0.15) is 0 Å². The summed E-state index contributed by atoms with van der Waals surface area (Å²) in [5.74, 6) is 1.81. The van der Waals surface area contributed by atoms with Gasteiger partial charge in [-0.05, 0) is 68.2 Å². The molecule has 0 radical (unpaired) electrons. The van der Waals surface area contributed by atoms with Crippen molar-refractivity contribution >= 4 is 23.5 Å². The van der Waals surface area contributed by atoms with Crippen molar-refractivity contribution in [3.63, 3.8) is 0 Å². The molecule has 0 aliphatic carbocycles. The molecule has 0 bridgehead atoms. The maximum absolute atomic E-state index is 11.3. The maximum atomic E-state index is 11.3. The van der Waals surface area contributed by atoms with E-state index in [0.717, 1.165) is 55.2 Å². The Hall–Kier alpha value is -2.34. The third-order valence-corrected chi connectivity index (χ3v) is 5.99. The Morgan fingerprint density at radius 3 is 2.38 bits per heavy atom. The Morgan fingerprint density at radius 1 is 1.24 bits per heavy atom. The van der Waals surface area contributed by atoms with Gasteiger partial charge in [-0.1, -0.05) is 18.5 Å². The summed E-state index contributed by atoms with van der Waals surface area (Å²) >= 11 is 5.87. The van der Waals surface area contributed by atoms with E-state index in [1.165, 1.54) is 0 Å². The highest BCUT2D eigenvalue weighted by molar-refractivity contribution is 6.30. The summed E-state index contributed by atoms with van der Waals surface area (Å²) in [7, 11) is 0. The largest absolute Gasteiger partial charge is 0.494 e. The van der Waals surface area contributed by atoms with Crippen LogP contribution < -0.4 is 9.64 Å². The van der Waals surface area contributed by atoms with Crippen molar-refractivity contribution in [2.45, 2.75) is 40.0 Å². The van der Waals surface area contributed by atoms with Gasteiger partial charge in [0.15, 0.2) is 0 Å². The summed E-state index contributed by atoms with van der Waals surface area (Å²) in [5.41, 5.74) is 1.83. The van der Waals surface area contributed by atoms with Crippen molar-refractivity contribution in [3.05, 3.63) is 46.2 Å². The van der Waals surface area contributed by atoms with Gasteiger partial charge in [-0.15, -0.1) is 0 Å². The molecule has 2 heterocycles. The van der Waals surface area contributed by atoms with Crippen LogP contribution in [-0.4, -0.2) is 40.7 Å². The molecule has 1 N–H and O–H groups in total. The Labute approximate surface area is 176 Å². The molecule has 29 heavy (non-hydrogen) atoms. The molecule has 1 fully saturated rings. The second kappa shape index (κ2) is 9.44. The zero-order chi connectivity index (χ0) is 21.0. The third-order valence-electron chi connectivity index (χ3n) is 5.80. The average molecular weight is 418 g/mol. The number of carbonyl (C=O) groups is 1. The number of hydrogen-bond donors (Lipinski definition) is 1. The third kappa shape index (κ3) is 5.38. The lowest BCUT2D eigenvalue weighted by Gasteiger charge is -2.34. The molecular weight excluding hydrogens is 390 g/mol. The summed E-state index contributed by atoms with van der Waals surface area (Å²) in [6, 6.07) is 3.62. The summed E-state index contributed by atoms with van der Waals surface area (Å²) in [5, 5.41) is 9.83. The molecule has 2 aromatic rings. The van der Waals surface area contributed by atoms with Gasteiger partial charge in [0.25, 0.3) is 0 Å². The van der Waals surface area contributed by atoms with E-state index in [9.17, 15) is 9.90 Å². The predicted molar refractivity (Wildman–Crippen MR) is 114 cm³/mol. The molecule has 3 rings (SSSR count). The van der Waals surface area contributed by atoms with Gasteiger partial charge >= 0.3 is 5.97 Å². The van der Waals surface area contributed by atoms with E-state index in [-0.39, 0.29) is 0 Å². The normalized spacial score (nSPS) is 15.9. The highest BCUT2D eigenvalue weighted by atomic mass is 35.5. The number of piperidine rings is 1. The number of rotatable bonds is 7. The van der Waals surface area contributed by atoms with Gasteiger partial charge in [-0.25, -0.2) is 14.8 Å². The fraction of sp³-hybridized carbons (Fsp3) is 0.500. The van der Waals surface area contributed by atoms with E-state index >= 15 is 0 Å². The fourth-order valence-electron chi connectivity index (χ4n) is 4.08.